The van der Waals surface area contributed by atoms with E-state index in [1.165, 1.54) is 7.11 Å². The fourth-order valence-electron chi connectivity index (χ4n) is 2.88. The predicted molar refractivity (Wildman–Crippen MR) is 92.7 cm³/mol. The van der Waals surface area contributed by atoms with Crippen LogP contribution in [0.4, 0.5) is 0 Å². The lowest BCUT2D eigenvalue weighted by Gasteiger charge is -2.38. The van der Waals surface area contributed by atoms with Crippen molar-refractivity contribution in [1.82, 2.24) is 5.32 Å². The van der Waals surface area contributed by atoms with Crippen molar-refractivity contribution in [3.63, 3.8) is 0 Å². The summed E-state index contributed by atoms with van der Waals surface area (Å²) in [6, 6.07) is -2.04. The van der Waals surface area contributed by atoms with Crippen LogP contribution in [0.25, 0.3) is 0 Å². The quantitative estimate of drug-likeness (QED) is 0.556. The molecule has 0 heterocycles. The van der Waals surface area contributed by atoms with Gasteiger partial charge in [0.05, 0.1) is 19.6 Å². The lowest BCUT2D eigenvalue weighted by Crippen LogP contribution is -2.51. The molecule has 24 heavy (non-hydrogen) atoms. The summed E-state index contributed by atoms with van der Waals surface area (Å²) >= 11 is 1.64. The number of carbonyl (C=O) groups is 3. The first-order valence-electron chi connectivity index (χ1n) is 8.02. The van der Waals surface area contributed by atoms with Crippen molar-refractivity contribution in [1.29, 1.82) is 0 Å². The smallest absolute Gasteiger partial charge is 0.329 e. The maximum atomic E-state index is 12.0. The molecule has 1 aliphatic rings. The third kappa shape index (κ3) is 5.11. The van der Waals surface area contributed by atoms with E-state index in [1.807, 2.05) is 0 Å². The molecule has 1 saturated carbocycles. The third-order valence-corrected chi connectivity index (χ3v) is 6.88. The molecule has 8 heteroatoms. The first-order chi connectivity index (χ1) is 11.0. The predicted octanol–water partition coefficient (Wildman–Crippen LogP) is 1.15. The van der Waals surface area contributed by atoms with E-state index in [4.69, 9.17) is 15.6 Å². The van der Waals surface area contributed by atoms with Gasteiger partial charge in [0.2, 0.25) is 5.91 Å². The molecule has 0 saturated heterocycles. The molecule has 1 fully saturated rings. The van der Waals surface area contributed by atoms with Crippen LogP contribution in [0, 0.1) is 5.41 Å². The lowest BCUT2D eigenvalue weighted by molar-refractivity contribution is -0.144. The Kier molecular flexibility index (Phi) is 7.10. The minimum atomic E-state index is -1.20. The molecule has 1 amide bonds. The van der Waals surface area contributed by atoms with Crippen molar-refractivity contribution < 1.29 is 24.2 Å². The summed E-state index contributed by atoms with van der Waals surface area (Å²) in [6.45, 7) is 6.60. The van der Waals surface area contributed by atoms with E-state index in [9.17, 15) is 14.4 Å². The highest BCUT2D eigenvalue weighted by Crippen LogP contribution is 2.53. The van der Waals surface area contributed by atoms with Crippen LogP contribution in [0.1, 0.15) is 46.5 Å². The summed E-state index contributed by atoms with van der Waals surface area (Å²) in [5.41, 5.74) is 5.68. The Bertz CT molecular complexity index is 497. The van der Waals surface area contributed by atoms with E-state index >= 15 is 0 Å². The van der Waals surface area contributed by atoms with Crippen LogP contribution in [0.3, 0.4) is 0 Å². The van der Waals surface area contributed by atoms with Gasteiger partial charge in [-0.3, -0.25) is 9.59 Å². The number of amides is 1. The molecule has 7 nitrogen and oxygen atoms in total. The zero-order valence-electron chi connectivity index (χ0n) is 14.8. The molecule has 0 aromatic rings. The number of thioether (sulfide) groups is 1. The van der Waals surface area contributed by atoms with E-state index in [1.54, 1.807) is 11.8 Å². The van der Waals surface area contributed by atoms with Gasteiger partial charge < -0.3 is 20.9 Å². The molecule has 1 unspecified atom stereocenters. The van der Waals surface area contributed by atoms with Gasteiger partial charge in [-0.15, -0.1) is 0 Å². The summed E-state index contributed by atoms with van der Waals surface area (Å²) in [5.74, 6) is -2.03. The van der Waals surface area contributed by atoms with Crippen LogP contribution in [0.2, 0.25) is 0 Å². The van der Waals surface area contributed by atoms with Gasteiger partial charge in [0.25, 0.3) is 0 Å². The number of carboxylic acid groups (broad SMARTS) is 1. The van der Waals surface area contributed by atoms with Crippen LogP contribution >= 0.6 is 11.8 Å². The Balaban J connectivity index is 2.71. The summed E-state index contributed by atoms with van der Waals surface area (Å²) in [7, 11) is 1.25. The van der Waals surface area contributed by atoms with E-state index in [0.29, 0.717) is 5.75 Å². The Labute approximate surface area is 147 Å². The lowest BCUT2D eigenvalue weighted by atomic mass is 9.82. The summed E-state index contributed by atoms with van der Waals surface area (Å²) < 4.78 is 4.76. The average molecular weight is 360 g/mol. The summed E-state index contributed by atoms with van der Waals surface area (Å²) in [4.78, 5) is 34.6. The molecule has 0 radical (unpaired) electrons. The van der Waals surface area contributed by atoms with Crippen molar-refractivity contribution in [2.45, 2.75) is 63.3 Å². The summed E-state index contributed by atoms with van der Waals surface area (Å²) in [6.07, 6.45) is 2.81. The second-order valence-corrected chi connectivity index (χ2v) is 8.59. The highest BCUT2D eigenvalue weighted by atomic mass is 32.2. The molecule has 0 aromatic heterocycles. The number of esters is 1. The largest absolute Gasteiger partial charge is 0.481 e. The molecule has 4 N–H and O–H groups in total. The fourth-order valence-corrected chi connectivity index (χ4v) is 4.41. The van der Waals surface area contributed by atoms with Gasteiger partial charge in [-0.25, -0.2) is 4.79 Å². The maximum Gasteiger partial charge on any atom is 0.329 e. The van der Waals surface area contributed by atoms with Crippen LogP contribution in [-0.4, -0.2) is 52.6 Å². The topological polar surface area (TPSA) is 119 Å². The first kappa shape index (κ1) is 20.8. The van der Waals surface area contributed by atoms with Gasteiger partial charge in [0.15, 0.2) is 0 Å². The molecule has 0 spiro atoms. The number of hydrogen-bond acceptors (Lipinski definition) is 6. The number of carboxylic acids is 1. The van der Waals surface area contributed by atoms with Gasteiger partial charge in [-0.05, 0) is 25.2 Å². The first-order valence-corrected chi connectivity index (χ1v) is 9.00. The molecule has 1 rings (SSSR count). The normalized spacial score (nSPS) is 24.9. The van der Waals surface area contributed by atoms with Crippen LogP contribution < -0.4 is 11.1 Å². The van der Waals surface area contributed by atoms with Gasteiger partial charge in [-0.1, -0.05) is 20.3 Å². The minimum absolute atomic E-state index is 0.00712. The zero-order chi connectivity index (χ0) is 18.5. The third-order valence-electron chi connectivity index (χ3n) is 4.99. The van der Waals surface area contributed by atoms with Crippen LogP contribution in [0.5, 0.6) is 0 Å². The number of hydrogen-bond donors (Lipinski definition) is 3. The number of methoxy groups -OCH3 is 1. The maximum absolute atomic E-state index is 12.0. The van der Waals surface area contributed by atoms with E-state index < -0.39 is 36.4 Å². The van der Waals surface area contributed by atoms with Crippen LogP contribution in [-0.2, 0) is 19.1 Å². The monoisotopic (exact) mass is 360 g/mol. The number of nitrogens with two attached hydrogens (primary N) is 1. The number of rotatable bonds is 8. The molecule has 138 valence electrons. The highest BCUT2D eigenvalue weighted by molar-refractivity contribution is 8.00. The molecule has 0 bridgehead atoms. The van der Waals surface area contributed by atoms with Crippen LogP contribution in [0.15, 0.2) is 0 Å². The Morgan fingerprint density at radius 1 is 1.29 bits per heavy atom. The molecule has 3 atom stereocenters. The standard InChI is InChI=1S/C16H28N2O5S/c1-15(2)6-5-7-16(15,3)24-9-11(14(22)23-4)18-13(21)10(17)8-12(19)20/h10-11H,5-9,17H2,1-4H3,(H,18,21)(H,19,20)/t10-,11-,16?/m0/s1. The van der Waals surface area contributed by atoms with Crippen molar-refractivity contribution in [2.75, 3.05) is 12.9 Å². The molecule has 0 aliphatic heterocycles. The molecule has 1 aliphatic carbocycles. The minimum Gasteiger partial charge on any atom is -0.481 e. The number of aliphatic carboxylic acids is 1. The Hall–Kier alpha value is -1.28. The van der Waals surface area contributed by atoms with Gasteiger partial charge in [0, 0.05) is 10.5 Å². The zero-order valence-corrected chi connectivity index (χ0v) is 15.6. The van der Waals surface area contributed by atoms with Crippen molar-refractivity contribution in [3.05, 3.63) is 0 Å². The SMILES string of the molecule is COC(=O)[C@H](CSC1(C)CCCC1(C)C)NC(=O)[C@@H](N)CC(=O)O. The van der Waals surface area contributed by atoms with Crippen molar-refractivity contribution in [3.8, 4) is 0 Å². The van der Waals surface area contributed by atoms with E-state index in [2.05, 4.69) is 26.1 Å². The summed E-state index contributed by atoms with van der Waals surface area (Å²) in [5, 5.41) is 11.2. The van der Waals surface area contributed by atoms with Crippen molar-refractivity contribution in [2.24, 2.45) is 11.1 Å². The van der Waals surface area contributed by atoms with Gasteiger partial charge in [-0.2, -0.15) is 11.8 Å². The number of nitrogens with one attached hydrogen (secondary N) is 1. The van der Waals surface area contributed by atoms with Crippen molar-refractivity contribution >= 4 is 29.6 Å². The van der Waals surface area contributed by atoms with E-state index in [0.717, 1.165) is 19.3 Å². The highest BCUT2D eigenvalue weighted by Gasteiger charge is 2.46. The number of ether oxygens (including phenoxy) is 1. The van der Waals surface area contributed by atoms with Gasteiger partial charge in [0.1, 0.15) is 6.04 Å². The van der Waals surface area contributed by atoms with Gasteiger partial charge >= 0.3 is 11.9 Å². The number of carbonyl (C=O) groups excluding carboxylic acids is 2. The average Bonchev–Trinajstić information content (AvgIpc) is 2.75. The molecular formula is C16H28N2O5S. The Morgan fingerprint density at radius 2 is 1.92 bits per heavy atom. The molecular weight excluding hydrogens is 332 g/mol. The Morgan fingerprint density at radius 3 is 2.38 bits per heavy atom. The molecule has 0 aromatic carbocycles. The van der Waals surface area contributed by atoms with E-state index in [-0.39, 0.29) is 10.2 Å². The second-order valence-electron chi connectivity index (χ2n) is 7.07. The fraction of sp³-hybridized carbons (Fsp3) is 0.812. The second kappa shape index (κ2) is 8.20.